The van der Waals surface area contributed by atoms with Crippen LogP contribution < -0.4 is 0 Å². The van der Waals surface area contributed by atoms with E-state index < -0.39 is 35.6 Å². The van der Waals surface area contributed by atoms with Crippen molar-refractivity contribution in [2.75, 3.05) is 72.7 Å². The molecule has 14 heteroatoms. The SMILES string of the molecule is CCCCCCCCCCCCCCC[O][Nb+4].CCCCCCCCCCCCCC[O][Nb]([O]CCCCCCCCCCCCCC)([O]CCCCCCCCCCCCCC)([O]CCCCCCCCCCCCCC)[O]CCCCCCCCCCCCCC.CCCC[O][Nb]([O]CCCC)([O]CCCC)([O]CCCC)[O]CCCC. The van der Waals surface area contributed by atoms with Crippen molar-refractivity contribution in [2.24, 2.45) is 0 Å². The topological polar surface area (TPSA) is 102 Å². The fourth-order valence-electron chi connectivity index (χ4n) is 15.5. The van der Waals surface area contributed by atoms with E-state index >= 15 is 0 Å². The standard InChI is InChI=1S/C15H31O.5C14H29O.5C4H9O.3Nb/c1-2-3-4-5-6-7-8-9-10-11-12-13-14-15-16;5*1-2-3-4-5-6-7-8-9-10-11-12-13-14-15;5*1-2-3-4-5;;;/h2-15H2,1H3;5*2-14H2,1H3;5*2-4H2,1H3;;;/q11*-1;3*+5. The molecule has 0 heterocycles. The second-order valence-corrected chi connectivity index (χ2v) is 50.4. The van der Waals surface area contributed by atoms with Gasteiger partial charge in [-0.1, -0.05) is 125 Å². The molecule has 0 N–H and O–H groups in total. The van der Waals surface area contributed by atoms with E-state index in [0.717, 1.165) is 103 Å². The molecule has 0 aliphatic carbocycles. The predicted molar refractivity (Wildman–Crippen MR) is 511 cm³/mol. The molecule has 0 aliphatic heterocycles. The van der Waals surface area contributed by atoms with Gasteiger partial charge < -0.3 is 0 Å². The summed E-state index contributed by atoms with van der Waals surface area (Å²) in [5.41, 5.74) is 0. The molecule has 0 aromatic heterocycles. The van der Waals surface area contributed by atoms with Crippen molar-refractivity contribution >= 4 is 0 Å². The fraction of sp³-hybridized carbons (Fsp3) is 1.00. The van der Waals surface area contributed by atoms with Crippen LogP contribution in [0.5, 0.6) is 0 Å². The van der Waals surface area contributed by atoms with Gasteiger partial charge in [0, 0.05) is 0 Å². The van der Waals surface area contributed by atoms with Gasteiger partial charge in [0.25, 0.3) is 0 Å². The first-order chi connectivity index (χ1) is 58.6. The Bertz CT molecular complexity index is 1520. The molecule has 0 saturated carbocycles. The summed E-state index contributed by atoms with van der Waals surface area (Å²) >= 11 is -9.02. The molecule has 718 valence electrons. The molecule has 0 amide bonds. The third-order valence-electron chi connectivity index (χ3n) is 23.8. The minimum atomic E-state index is -5.48. The Hall–Kier alpha value is 1.78. The summed E-state index contributed by atoms with van der Waals surface area (Å²) in [6, 6.07) is 0. The molecule has 0 saturated heterocycles. The molecular weight excluding hydrogens is 1720 g/mol. The van der Waals surface area contributed by atoms with Crippen molar-refractivity contribution in [1.29, 1.82) is 0 Å². The molecule has 0 atom stereocenters. The van der Waals surface area contributed by atoms with Crippen molar-refractivity contribution in [3.8, 4) is 0 Å². The van der Waals surface area contributed by atoms with Crippen molar-refractivity contribution < 1.29 is 92.7 Å². The van der Waals surface area contributed by atoms with E-state index in [1.807, 2.05) is 0 Å². The summed E-state index contributed by atoms with van der Waals surface area (Å²) in [5.74, 6) is 0. The van der Waals surface area contributed by atoms with Crippen molar-refractivity contribution in [3.63, 3.8) is 0 Å². The first kappa shape index (κ1) is 125. The van der Waals surface area contributed by atoms with Crippen molar-refractivity contribution in [3.05, 3.63) is 0 Å². The van der Waals surface area contributed by atoms with E-state index in [1.165, 1.54) is 458 Å². The first-order valence-corrected chi connectivity index (χ1v) is 64.3. The van der Waals surface area contributed by atoms with E-state index in [9.17, 15) is 0 Å². The maximum absolute atomic E-state index is 7.25. The Balaban J connectivity index is -0.00000252. The van der Waals surface area contributed by atoms with Crippen LogP contribution in [0.25, 0.3) is 0 Å². The van der Waals surface area contributed by atoms with E-state index in [4.69, 9.17) is 35.7 Å². The van der Waals surface area contributed by atoms with Gasteiger partial charge in [0.15, 0.2) is 0 Å². The van der Waals surface area contributed by atoms with Gasteiger partial charge in [0.2, 0.25) is 0 Å². The molecule has 0 unspecified atom stereocenters. The summed E-state index contributed by atoms with van der Waals surface area (Å²) in [5, 5.41) is 0. The third-order valence-corrected chi connectivity index (χ3v) is 39.1. The summed E-state index contributed by atoms with van der Waals surface area (Å²) in [6.45, 7) is 31.5. The summed E-state index contributed by atoms with van der Waals surface area (Å²) in [6.07, 6.45) is 108. The van der Waals surface area contributed by atoms with Crippen LogP contribution in [0.1, 0.15) is 609 Å². The van der Waals surface area contributed by atoms with E-state index in [1.54, 1.807) is 0 Å². The summed E-state index contributed by atoms with van der Waals surface area (Å²) in [7, 11) is 0. The number of unbranched alkanes of at least 4 members (excludes halogenated alkanes) is 72. The third kappa shape index (κ3) is 90.1. The zero-order valence-corrected chi connectivity index (χ0v) is 89.9. The molecular formula is C105H221Nb3O11+4. The van der Waals surface area contributed by atoms with Gasteiger partial charge in [-0.25, -0.2) is 0 Å². The number of hydrogen-bond donors (Lipinski definition) is 0. The van der Waals surface area contributed by atoms with Crippen LogP contribution in [-0.4, -0.2) is 72.7 Å². The summed E-state index contributed by atoms with van der Waals surface area (Å²) < 4.78 is 73.1. The average molecular weight is 1940 g/mol. The quantitative estimate of drug-likeness (QED) is 0.0430. The Kier molecular flexibility index (Phi) is 110. The second kappa shape index (κ2) is 105. The maximum atomic E-state index is 7.25. The Morgan fingerprint density at radius 1 is 0.109 bits per heavy atom. The van der Waals surface area contributed by atoms with Crippen molar-refractivity contribution in [2.45, 2.75) is 609 Å². The molecule has 11 nitrogen and oxygen atoms in total. The Morgan fingerprint density at radius 2 is 0.193 bits per heavy atom. The molecule has 119 heavy (non-hydrogen) atoms. The molecule has 0 rings (SSSR count). The van der Waals surface area contributed by atoms with Gasteiger partial charge in [0.05, 0.1) is 0 Å². The Labute approximate surface area is 768 Å². The normalized spacial score (nSPS) is 12.6. The van der Waals surface area contributed by atoms with Crippen molar-refractivity contribution in [1.82, 2.24) is 0 Å². The molecule has 0 aliphatic rings. The van der Waals surface area contributed by atoms with Crippen LogP contribution in [-0.2, 0) is 92.7 Å². The van der Waals surface area contributed by atoms with E-state index in [2.05, 4.69) is 76.2 Å². The van der Waals surface area contributed by atoms with E-state index in [-0.39, 0.29) is 0 Å². The average Bonchev–Trinajstić information content (AvgIpc) is 0.774. The van der Waals surface area contributed by atoms with Crippen LogP contribution in [0.3, 0.4) is 0 Å². The second-order valence-electron chi connectivity index (χ2n) is 36.1. The van der Waals surface area contributed by atoms with Gasteiger partial charge in [0.1, 0.15) is 0 Å². The zero-order valence-electron chi connectivity index (χ0n) is 83.3. The zero-order chi connectivity index (χ0) is 87.1. The van der Waals surface area contributed by atoms with Crippen LogP contribution >= 0.6 is 0 Å². The molecule has 0 fully saturated rings. The van der Waals surface area contributed by atoms with Gasteiger partial charge >= 0.3 is 650 Å². The molecule has 0 bridgehead atoms. The molecule has 0 radical (unpaired) electrons. The van der Waals surface area contributed by atoms with Crippen LogP contribution in [0.15, 0.2) is 0 Å². The number of hydrogen-bond acceptors (Lipinski definition) is 11. The van der Waals surface area contributed by atoms with Crippen LogP contribution in [0.2, 0.25) is 0 Å². The first-order valence-electron chi connectivity index (χ1n) is 54.5. The molecule has 0 aromatic carbocycles. The minimum absolute atomic E-state index is 0.564. The fourth-order valence-corrected chi connectivity index (χ4v) is 30.0. The molecule has 0 spiro atoms. The predicted octanol–water partition coefficient (Wildman–Crippen LogP) is 37.7. The van der Waals surface area contributed by atoms with Crippen LogP contribution in [0, 0.1) is 0 Å². The number of rotatable bonds is 104. The molecule has 0 aromatic rings. The van der Waals surface area contributed by atoms with Gasteiger partial charge in [-0.15, -0.1) is 0 Å². The monoisotopic (exact) mass is 1940 g/mol. The Morgan fingerprint density at radius 3 is 0.294 bits per heavy atom. The van der Waals surface area contributed by atoms with E-state index in [0.29, 0.717) is 66.1 Å². The van der Waals surface area contributed by atoms with Crippen LogP contribution in [0.4, 0.5) is 0 Å². The van der Waals surface area contributed by atoms with Gasteiger partial charge in [-0.2, -0.15) is 0 Å². The summed E-state index contributed by atoms with van der Waals surface area (Å²) in [4.78, 5) is 0. The van der Waals surface area contributed by atoms with Gasteiger partial charge in [-0.05, 0) is 0 Å². The van der Waals surface area contributed by atoms with Gasteiger partial charge in [-0.3, -0.25) is 0 Å².